The fourth-order valence-corrected chi connectivity index (χ4v) is 2.15. The van der Waals surface area contributed by atoms with Crippen molar-refractivity contribution < 1.29 is 37.1 Å². The first-order valence-corrected chi connectivity index (χ1v) is 8.09. The van der Waals surface area contributed by atoms with E-state index in [1.807, 2.05) is 0 Å². The molecule has 0 aliphatic heterocycles. The molecule has 1 atom stereocenters. The summed E-state index contributed by atoms with van der Waals surface area (Å²) in [7, 11) is -6.18. The molecule has 4 heteroatoms. The van der Waals surface area contributed by atoms with Crippen LogP contribution in [0.25, 0.3) is 0 Å². The Labute approximate surface area is 175 Å². The molecule has 0 heterocycles. The van der Waals surface area contributed by atoms with Crippen LogP contribution >= 0.6 is 0 Å². The first-order valence-electron chi connectivity index (χ1n) is 14.6. The summed E-state index contributed by atoms with van der Waals surface area (Å²) in [6.45, 7) is 2.63. The van der Waals surface area contributed by atoms with Crippen molar-refractivity contribution in [2.75, 3.05) is 20.7 Å². The number of aliphatic hydroxyl groups is 1. The van der Waals surface area contributed by atoms with Crippen LogP contribution in [-0.2, 0) is 6.42 Å². The van der Waals surface area contributed by atoms with Crippen LogP contribution in [0.2, 0.25) is 0 Å². The Morgan fingerprint density at radius 2 is 1.85 bits per heavy atom. The van der Waals surface area contributed by atoms with E-state index in [0.717, 1.165) is 0 Å². The lowest BCUT2D eigenvalue weighted by Crippen LogP contribution is -2.17. The third kappa shape index (κ3) is 5.95. The van der Waals surface area contributed by atoms with Crippen LogP contribution in [0, 0.1) is 13.8 Å². The fraction of sp³-hybridized carbons (Fsp3) is 0.455. The highest BCUT2D eigenvalue weighted by atomic mass is 16.5. The van der Waals surface area contributed by atoms with Crippen LogP contribution in [-0.4, -0.2) is 31.9 Å². The Morgan fingerprint density at radius 3 is 2.65 bits per heavy atom. The van der Waals surface area contributed by atoms with Gasteiger partial charge >= 0.3 is 0 Å². The van der Waals surface area contributed by atoms with Gasteiger partial charge < -0.3 is 19.3 Å². The van der Waals surface area contributed by atoms with Gasteiger partial charge in [0.15, 0.2) is 11.5 Å². The number of hydrogen-bond donors (Lipinski definition) is 1. The van der Waals surface area contributed by atoms with Gasteiger partial charge in [0, 0.05) is 0 Å². The van der Waals surface area contributed by atoms with Crippen LogP contribution in [0.3, 0.4) is 0 Å². The van der Waals surface area contributed by atoms with Gasteiger partial charge in [0.25, 0.3) is 0 Å². The van der Waals surface area contributed by atoms with Crippen molar-refractivity contribution in [2.24, 2.45) is 0 Å². The van der Waals surface area contributed by atoms with Crippen molar-refractivity contribution in [1.82, 2.24) is 0 Å². The van der Waals surface area contributed by atoms with E-state index < -0.39 is 56.4 Å². The second-order valence-corrected chi connectivity index (χ2v) is 5.73. The summed E-state index contributed by atoms with van der Waals surface area (Å²) in [6, 6.07) is -2.48. The molecule has 2 rings (SSSR count). The monoisotopic (exact) mass is 371 g/mol. The van der Waals surface area contributed by atoms with E-state index in [0.29, 0.717) is 11.1 Å². The number of rotatable bonds is 10. The molecule has 1 N–H and O–H groups in total. The zero-order chi connectivity index (χ0) is 30.1. The molecule has 0 aliphatic rings. The molecule has 0 amide bonds. The fourth-order valence-electron chi connectivity index (χ4n) is 2.15. The van der Waals surface area contributed by atoms with E-state index in [9.17, 15) is 5.11 Å². The zero-order valence-electron chi connectivity index (χ0n) is 27.7. The van der Waals surface area contributed by atoms with E-state index in [2.05, 4.69) is 4.74 Å². The molecule has 0 spiro atoms. The van der Waals surface area contributed by atoms with Crippen LogP contribution in [0.1, 0.15) is 53.8 Å². The van der Waals surface area contributed by atoms with Crippen molar-refractivity contribution in [2.45, 2.75) is 45.6 Å². The van der Waals surface area contributed by atoms with Crippen molar-refractivity contribution >= 4 is 0 Å². The van der Waals surface area contributed by atoms with Gasteiger partial charge in [-0.2, -0.15) is 0 Å². The predicted molar refractivity (Wildman–Crippen MR) is 105 cm³/mol. The summed E-state index contributed by atoms with van der Waals surface area (Å²) in [6.07, 6.45) is -2.00. The van der Waals surface area contributed by atoms with Crippen molar-refractivity contribution in [3.63, 3.8) is 0 Å². The van der Waals surface area contributed by atoms with Crippen LogP contribution in [0.5, 0.6) is 17.2 Å². The van der Waals surface area contributed by atoms with Gasteiger partial charge in [-0.05, 0) is 74.0 Å². The van der Waals surface area contributed by atoms with E-state index >= 15 is 0 Å². The standard InChI is InChI=1S/C22H30O4/c1-16-9-11-20(13-17(16)2)26-15-19(23)8-6-5-7-18-10-12-21(24-3)22(14-18)25-4/h9-14,19,23H,5-8,15H2,1-4H3/i3D3,4D3,9D,10D,11D,12D,13D,14D,19D. The Kier molecular flexibility index (Phi) is 3.35. The minimum absolute atomic E-state index is 0.0566. The summed E-state index contributed by atoms with van der Waals surface area (Å²) in [5.74, 6) is -1.87. The number of hydrogen-bond acceptors (Lipinski definition) is 4. The highest BCUT2D eigenvalue weighted by Crippen LogP contribution is 2.28. The number of unbranched alkanes of at least 4 members (excludes halogenated alkanes) is 1. The maximum absolute atomic E-state index is 10.4. The molecular weight excluding hydrogens is 328 g/mol. The molecule has 0 radical (unpaired) electrons. The maximum Gasteiger partial charge on any atom is 0.160 e. The predicted octanol–water partition coefficient (Wildman–Crippen LogP) is 4.47. The molecule has 0 bridgehead atoms. The van der Waals surface area contributed by atoms with Gasteiger partial charge in [0.2, 0.25) is 0 Å². The molecule has 0 aliphatic carbocycles. The molecule has 26 heavy (non-hydrogen) atoms. The zero-order valence-corrected chi connectivity index (χ0v) is 14.7. The molecule has 0 saturated heterocycles. The quantitative estimate of drug-likeness (QED) is 0.626. The van der Waals surface area contributed by atoms with E-state index in [1.165, 1.54) is 0 Å². The Bertz CT molecular complexity index is 1180. The van der Waals surface area contributed by atoms with Gasteiger partial charge in [-0.15, -0.1) is 0 Å². The summed E-state index contributed by atoms with van der Waals surface area (Å²) in [4.78, 5) is 0. The number of methoxy groups -OCH3 is 2. The van der Waals surface area contributed by atoms with Gasteiger partial charge in [0.05, 0.1) is 38.0 Å². The van der Waals surface area contributed by atoms with E-state index in [4.69, 9.17) is 27.3 Å². The normalized spacial score (nSPS) is 21.3. The summed E-state index contributed by atoms with van der Waals surface area (Å²) in [5.41, 5.74) is 0.808. The number of benzene rings is 2. The van der Waals surface area contributed by atoms with Gasteiger partial charge in [-0.1, -0.05) is 18.5 Å². The SMILES string of the molecule is [2H]c1c([2H])c(OCC([2H])(O)CCCCc2c([2H])c([2H])c(OC([2H])([2H])[2H])c(OC([2H])([2H])[2H])c2[2H])c([2H])c(C)c1C. The first kappa shape index (κ1) is 8.66. The summed E-state index contributed by atoms with van der Waals surface area (Å²) < 4.78 is 115. The van der Waals surface area contributed by atoms with Crippen molar-refractivity contribution in [3.8, 4) is 17.2 Å². The second-order valence-electron chi connectivity index (χ2n) is 5.73. The van der Waals surface area contributed by atoms with Gasteiger partial charge in [-0.25, -0.2) is 0 Å². The average molecular weight is 372 g/mol. The lowest BCUT2D eigenvalue weighted by atomic mass is 10.0. The molecule has 1 unspecified atom stereocenters. The molecular formula is C22H30O4. The molecule has 142 valence electrons. The Hall–Kier alpha value is -2.20. The summed E-state index contributed by atoms with van der Waals surface area (Å²) >= 11 is 0. The molecule has 0 saturated carbocycles. The Balaban J connectivity index is 2.16. The van der Waals surface area contributed by atoms with Gasteiger partial charge in [-0.3, -0.25) is 0 Å². The molecule has 2 aromatic carbocycles. The molecule has 4 nitrogen and oxygen atoms in total. The smallest absolute Gasteiger partial charge is 0.160 e. The lowest BCUT2D eigenvalue weighted by Gasteiger charge is -2.13. The Morgan fingerprint density at radius 1 is 1.04 bits per heavy atom. The molecule has 0 fully saturated rings. The van der Waals surface area contributed by atoms with Crippen LogP contribution in [0.15, 0.2) is 36.3 Å². The largest absolute Gasteiger partial charge is 0.493 e. The summed E-state index contributed by atoms with van der Waals surface area (Å²) in [5, 5.41) is 10.4. The topological polar surface area (TPSA) is 47.9 Å². The van der Waals surface area contributed by atoms with Crippen LogP contribution < -0.4 is 14.2 Å². The minimum atomic E-state index is -3.09. The highest BCUT2D eigenvalue weighted by molar-refractivity contribution is 5.42. The average Bonchev–Trinajstić information content (AvgIpc) is 2.80. The maximum atomic E-state index is 10.4. The van der Waals surface area contributed by atoms with Crippen molar-refractivity contribution in [1.29, 1.82) is 0 Å². The highest BCUT2D eigenvalue weighted by Gasteiger charge is 2.07. The first-order chi connectivity index (χ1) is 17.7. The third-order valence-corrected chi connectivity index (χ3v) is 3.75. The number of ether oxygens (including phenoxy) is 3. The third-order valence-electron chi connectivity index (χ3n) is 3.75. The van der Waals surface area contributed by atoms with Gasteiger partial charge in [0.1, 0.15) is 12.4 Å². The van der Waals surface area contributed by atoms with E-state index in [-0.39, 0.29) is 55.1 Å². The van der Waals surface area contributed by atoms with E-state index in [1.54, 1.807) is 13.8 Å². The second kappa shape index (κ2) is 10.1. The molecule has 2 aromatic rings. The molecule has 0 aromatic heterocycles. The minimum Gasteiger partial charge on any atom is -0.493 e. The van der Waals surface area contributed by atoms with Crippen LogP contribution in [0.4, 0.5) is 0 Å². The lowest BCUT2D eigenvalue weighted by molar-refractivity contribution is 0.0976. The van der Waals surface area contributed by atoms with Crippen molar-refractivity contribution in [3.05, 3.63) is 52.9 Å².